The fourth-order valence-electron chi connectivity index (χ4n) is 1.85. The average Bonchev–Trinajstić information content (AvgIpc) is 2.55. The number of aldehydes is 1. The van der Waals surface area contributed by atoms with Crippen molar-refractivity contribution in [2.45, 2.75) is 13.3 Å². The van der Waals surface area contributed by atoms with Crippen LogP contribution in [0, 0.1) is 5.92 Å². The van der Waals surface area contributed by atoms with Crippen molar-refractivity contribution in [1.82, 2.24) is 0 Å². The zero-order chi connectivity index (χ0) is 10.8. The van der Waals surface area contributed by atoms with Crippen molar-refractivity contribution < 1.29 is 9.59 Å². The molecule has 78 valence electrons. The molecule has 0 fully saturated rings. The van der Waals surface area contributed by atoms with Crippen molar-refractivity contribution in [2.75, 3.05) is 11.4 Å². The third-order valence-corrected chi connectivity index (χ3v) is 2.63. The molecule has 0 spiro atoms. The Hall–Kier alpha value is -1.64. The summed E-state index contributed by atoms with van der Waals surface area (Å²) in [7, 11) is 0. The van der Waals surface area contributed by atoms with Gasteiger partial charge in [-0.05, 0) is 11.6 Å². The summed E-state index contributed by atoms with van der Waals surface area (Å²) in [5.74, 6) is -0.0231. The van der Waals surface area contributed by atoms with E-state index >= 15 is 0 Å². The van der Waals surface area contributed by atoms with E-state index in [0.29, 0.717) is 13.0 Å². The number of anilines is 1. The number of hydrogen-bond donors (Lipinski definition) is 0. The van der Waals surface area contributed by atoms with E-state index in [-0.39, 0.29) is 11.8 Å². The molecule has 1 atom stereocenters. The van der Waals surface area contributed by atoms with Crippen LogP contribution >= 0.6 is 0 Å². The monoisotopic (exact) mass is 203 g/mol. The zero-order valence-electron chi connectivity index (χ0n) is 8.64. The molecule has 15 heavy (non-hydrogen) atoms. The van der Waals surface area contributed by atoms with E-state index in [1.807, 2.05) is 31.2 Å². The Labute approximate surface area is 88.7 Å². The third-order valence-electron chi connectivity index (χ3n) is 2.63. The lowest BCUT2D eigenvalue weighted by Gasteiger charge is -2.18. The number of amides is 1. The standard InChI is InChI=1S/C12H13NO2/c1-9(8-14)7-13-11-5-3-2-4-10(11)6-12(13)15/h2-5,8-9H,6-7H2,1H3. The quantitative estimate of drug-likeness (QED) is 0.696. The summed E-state index contributed by atoms with van der Waals surface area (Å²) >= 11 is 0. The molecule has 3 nitrogen and oxygen atoms in total. The molecular weight excluding hydrogens is 190 g/mol. The minimum absolute atomic E-state index is 0.0879. The van der Waals surface area contributed by atoms with Crippen LogP contribution in [0.3, 0.4) is 0 Å². The molecule has 2 rings (SSSR count). The molecule has 1 heterocycles. The number of benzene rings is 1. The fraction of sp³-hybridized carbons (Fsp3) is 0.333. The van der Waals surface area contributed by atoms with Gasteiger partial charge in [0.15, 0.2) is 0 Å². The van der Waals surface area contributed by atoms with Gasteiger partial charge in [0.1, 0.15) is 6.29 Å². The van der Waals surface area contributed by atoms with Gasteiger partial charge >= 0.3 is 0 Å². The van der Waals surface area contributed by atoms with E-state index in [4.69, 9.17) is 0 Å². The van der Waals surface area contributed by atoms with Gasteiger partial charge in [-0.15, -0.1) is 0 Å². The second kappa shape index (κ2) is 3.85. The Bertz CT molecular complexity index is 400. The van der Waals surface area contributed by atoms with Crippen LogP contribution in [-0.4, -0.2) is 18.7 Å². The van der Waals surface area contributed by atoms with Gasteiger partial charge in [0, 0.05) is 18.2 Å². The van der Waals surface area contributed by atoms with Crippen molar-refractivity contribution in [3.05, 3.63) is 29.8 Å². The van der Waals surface area contributed by atoms with Crippen LogP contribution in [0.15, 0.2) is 24.3 Å². The first-order valence-corrected chi connectivity index (χ1v) is 5.06. The Kier molecular flexibility index (Phi) is 2.54. The molecule has 1 aliphatic heterocycles. The van der Waals surface area contributed by atoms with Crippen LogP contribution in [0.2, 0.25) is 0 Å². The highest BCUT2D eigenvalue weighted by molar-refractivity contribution is 6.01. The van der Waals surface area contributed by atoms with Gasteiger partial charge in [-0.3, -0.25) is 4.79 Å². The number of carbonyl (C=O) groups excluding carboxylic acids is 2. The van der Waals surface area contributed by atoms with E-state index in [1.54, 1.807) is 4.90 Å². The molecule has 1 amide bonds. The number of fused-ring (bicyclic) bond motifs is 1. The maximum absolute atomic E-state index is 11.7. The van der Waals surface area contributed by atoms with Crippen molar-refractivity contribution in [2.24, 2.45) is 5.92 Å². The molecule has 1 aliphatic rings. The van der Waals surface area contributed by atoms with Crippen LogP contribution in [0.25, 0.3) is 0 Å². The second-order valence-electron chi connectivity index (χ2n) is 3.92. The predicted octanol–water partition coefficient (Wildman–Crippen LogP) is 1.41. The molecule has 0 saturated heterocycles. The molecule has 0 bridgehead atoms. The Morgan fingerprint density at radius 3 is 2.93 bits per heavy atom. The summed E-state index contributed by atoms with van der Waals surface area (Å²) in [6, 6.07) is 7.73. The Balaban J connectivity index is 2.26. The Morgan fingerprint density at radius 2 is 2.20 bits per heavy atom. The largest absolute Gasteiger partial charge is 0.311 e. The van der Waals surface area contributed by atoms with Gasteiger partial charge in [-0.2, -0.15) is 0 Å². The summed E-state index contributed by atoms with van der Waals surface area (Å²) in [6.45, 7) is 2.31. The summed E-state index contributed by atoms with van der Waals surface area (Å²) < 4.78 is 0. The Morgan fingerprint density at radius 1 is 1.47 bits per heavy atom. The van der Waals surface area contributed by atoms with Crippen molar-refractivity contribution in [3.63, 3.8) is 0 Å². The molecule has 0 saturated carbocycles. The highest BCUT2D eigenvalue weighted by atomic mass is 16.2. The molecular formula is C12H13NO2. The van der Waals surface area contributed by atoms with Gasteiger partial charge in [-0.1, -0.05) is 25.1 Å². The second-order valence-corrected chi connectivity index (χ2v) is 3.92. The van der Waals surface area contributed by atoms with Crippen LogP contribution in [0.4, 0.5) is 5.69 Å². The molecule has 1 unspecified atom stereocenters. The molecule has 3 heteroatoms. The first-order chi connectivity index (χ1) is 7.22. The van der Waals surface area contributed by atoms with Crippen molar-refractivity contribution >= 4 is 17.9 Å². The SMILES string of the molecule is CC(C=O)CN1C(=O)Cc2ccccc21. The predicted molar refractivity (Wildman–Crippen MR) is 57.7 cm³/mol. The van der Waals surface area contributed by atoms with E-state index in [1.165, 1.54) is 0 Å². The van der Waals surface area contributed by atoms with Crippen molar-refractivity contribution in [1.29, 1.82) is 0 Å². The van der Waals surface area contributed by atoms with E-state index in [2.05, 4.69) is 0 Å². The number of para-hydroxylation sites is 1. The maximum Gasteiger partial charge on any atom is 0.231 e. The number of nitrogens with zero attached hydrogens (tertiary/aromatic N) is 1. The van der Waals surface area contributed by atoms with Crippen LogP contribution in [-0.2, 0) is 16.0 Å². The molecule has 0 aromatic heterocycles. The minimum atomic E-state index is -0.111. The van der Waals surface area contributed by atoms with Gasteiger partial charge in [0.05, 0.1) is 6.42 Å². The van der Waals surface area contributed by atoms with Crippen LogP contribution in [0.5, 0.6) is 0 Å². The summed E-state index contributed by atoms with van der Waals surface area (Å²) in [5, 5.41) is 0. The molecule has 0 N–H and O–H groups in total. The van der Waals surface area contributed by atoms with Crippen molar-refractivity contribution in [3.8, 4) is 0 Å². The average molecular weight is 203 g/mol. The normalized spacial score (nSPS) is 16.3. The van der Waals surface area contributed by atoms with Gasteiger partial charge in [0.2, 0.25) is 5.91 Å². The topological polar surface area (TPSA) is 37.4 Å². The van der Waals surface area contributed by atoms with E-state index < -0.39 is 0 Å². The molecule has 0 aliphatic carbocycles. The van der Waals surface area contributed by atoms with Crippen LogP contribution < -0.4 is 4.90 Å². The summed E-state index contributed by atoms with van der Waals surface area (Å²) in [4.78, 5) is 24.0. The number of hydrogen-bond acceptors (Lipinski definition) is 2. The summed E-state index contributed by atoms with van der Waals surface area (Å²) in [6.07, 6.45) is 1.34. The maximum atomic E-state index is 11.7. The number of rotatable bonds is 3. The first-order valence-electron chi connectivity index (χ1n) is 5.06. The highest BCUT2D eigenvalue weighted by Crippen LogP contribution is 2.28. The van der Waals surface area contributed by atoms with Gasteiger partial charge < -0.3 is 9.69 Å². The third kappa shape index (κ3) is 1.77. The molecule has 1 aromatic carbocycles. The van der Waals surface area contributed by atoms with E-state index in [9.17, 15) is 9.59 Å². The number of carbonyl (C=O) groups is 2. The smallest absolute Gasteiger partial charge is 0.231 e. The van der Waals surface area contributed by atoms with Gasteiger partial charge in [0.25, 0.3) is 0 Å². The fourth-order valence-corrected chi connectivity index (χ4v) is 1.85. The lowest BCUT2D eigenvalue weighted by Crippen LogP contribution is -2.31. The van der Waals surface area contributed by atoms with Gasteiger partial charge in [-0.25, -0.2) is 0 Å². The zero-order valence-corrected chi connectivity index (χ0v) is 8.64. The highest BCUT2D eigenvalue weighted by Gasteiger charge is 2.27. The molecule has 0 radical (unpaired) electrons. The minimum Gasteiger partial charge on any atom is -0.311 e. The lowest BCUT2D eigenvalue weighted by atomic mass is 10.1. The molecule has 1 aromatic rings. The van der Waals surface area contributed by atoms with E-state index in [0.717, 1.165) is 17.5 Å². The summed E-state index contributed by atoms with van der Waals surface area (Å²) in [5.41, 5.74) is 2.01. The first kappa shape index (κ1) is 9.90. The lowest BCUT2D eigenvalue weighted by molar-refractivity contribution is -0.117. The van der Waals surface area contributed by atoms with Crippen LogP contribution in [0.1, 0.15) is 12.5 Å².